The number of hydrogen-bond donors (Lipinski definition) is 1. The standard InChI is InChI=1S/C13H22N2O2/c1-10-14-12(9-17-10)8-15-6-4-11(5-7-15)13(2,3)16/h9,11,16H,4-8H2,1-3H3. The minimum Gasteiger partial charge on any atom is -0.449 e. The van der Waals surface area contributed by atoms with Gasteiger partial charge < -0.3 is 9.52 Å². The van der Waals surface area contributed by atoms with E-state index in [1.54, 1.807) is 6.26 Å². The van der Waals surface area contributed by atoms with Gasteiger partial charge >= 0.3 is 0 Å². The van der Waals surface area contributed by atoms with Gasteiger partial charge in [-0.2, -0.15) is 0 Å². The van der Waals surface area contributed by atoms with Gasteiger partial charge in [-0.3, -0.25) is 4.90 Å². The number of likely N-dealkylation sites (tertiary alicyclic amines) is 1. The average Bonchev–Trinajstić information content (AvgIpc) is 2.63. The monoisotopic (exact) mass is 238 g/mol. The number of aliphatic hydroxyl groups is 1. The highest BCUT2D eigenvalue weighted by Crippen LogP contribution is 2.28. The van der Waals surface area contributed by atoms with Gasteiger partial charge in [0.05, 0.1) is 11.3 Å². The molecule has 2 heterocycles. The molecule has 0 aliphatic carbocycles. The molecule has 4 heteroatoms. The number of aromatic nitrogens is 1. The Hall–Kier alpha value is -0.870. The highest BCUT2D eigenvalue weighted by atomic mass is 16.3. The van der Waals surface area contributed by atoms with Gasteiger partial charge in [-0.1, -0.05) is 0 Å². The summed E-state index contributed by atoms with van der Waals surface area (Å²) in [4.78, 5) is 6.69. The van der Waals surface area contributed by atoms with Crippen molar-refractivity contribution in [2.45, 2.75) is 45.8 Å². The molecule has 1 aromatic heterocycles. The fraction of sp³-hybridized carbons (Fsp3) is 0.769. The summed E-state index contributed by atoms with van der Waals surface area (Å²) in [5.74, 6) is 1.14. The third-order valence-corrected chi connectivity index (χ3v) is 3.64. The molecule has 1 N–H and O–H groups in total. The molecule has 0 aromatic carbocycles. The van der Waals surface area contributed by atoms with Crippen molar-refractivity contribution in [3.63, 3.8) is 0 Å². The van der Waals surface area contributed by atoms with Crippen LogP contribution in [0.5, 0.6) is 0 Å². The van der Waals surface area contributed by atoms with Crippen LogP contribution in [-0.4, -0.2) is 33.7 Å². The zero-order chi connectivity index (χ0) is 12.5. The summed E-state index contributed by atoms with van der Waals surface area (Å²) in [5.41, 5.74) is 0.459. The lowest BCUT2D eigenvalue weighted by Crippen LogP contribution is -2.41. The van der Waals surface area contributed by atoms with Gasteiger partial charge in [0.2, 0.25) is 0 Å². The topological polar surface area (TPSA) is 49.5 Å². The second-order valence-corrected chi connectivity index (χ2v) is 5.56. The normalized spacial score (nSPS) is 19.8. The van der Waals surface area contributed by atoms with Crippen LogP contribution in [0.15, 0.2) is 10.7 Å². The molecule has 0 unspecified atom stereocenters. The number of aryl methyl sites for hydroxylation is 1. The van der Waals surface area contributed by atoms with Crippen LogP contribution in [0.4, 0.5) is 0 Å². The molecule has 2 rings (SSSR count). The minimum absolute atomic E-state index is 0.415. The Morgan fingerprint density at radius 3 is 2.59 bits per heavy atom. The molecule has 17 heavy (non-hydrogen) atoms. The van der Waals surface area contributed by atoms with Gasteiger partial charge in [0.25, 0.3) is 0 Å². The van der Waals surface area contributed by atoms with Gasteiger partial charge in [0, 0.05) is 13.5 Å². The minimum atomic E-state index is -0.545. The van der Waals surface area contributed by atoms with Crippen molar-refractivity contribution in [3.8, 4) is 0 Å². The lowest BCUT2D eigenvalue weighted by Gasteiger charge is -2.37. The Morgan fingerprint density at radius 2 is 2.12 bits per heavy atom. The summed E-state index contributed by atoms with van der Waals surface area (Å²) in [5, 5.41) is 9.98. The molecule has 0 bridgehead atoms. The molecular weight excluding hydrogens is 216 g/mol. The maximum Gasteiger partial charge on any atom is 0.191 e. The largest absolute Gasteiger partial charge is 0.449 e. The van der Waals surface area contributed by atoms with Crippen molar-refractivity contribution >= 4 is 0 Å². The summed E-state index contributed by atoms with van der Waals surface area (Å²) in [6.07, 6.45) is 3.85. The summed E-state index contributed by atoms with van der Waals surface area (Å²) >= 11 is 0. The molecule has 1 fully saturated rings. The van der Waals surface area contributed by atoms with Crippen LogP contribution in [0.3, 0.4) is 0 Å². The van der Waals surface area contributed by atoms with Crippen LogP contribution >= 0.6 is 0 Å². The Bertz CT molecular complexity index is 360. The fourth-order valence-electron chi connectivity index (χ4n) is 2.51. The summed E-state index contributed by atoms with van der Waals surface area (Å²) < 4.78 is 5.20. The number of hydrogen-bond acceptors (Lipinski definition) is 4. The quantitative estimate of drug-likeness (QED) is 0.874. The SMILES string of the molecule is Cc1nc(CN2CCC(C(C)(C)O)CC2)co1. The molecule has 0 saturated carbocycles. The van der Waals surface area contributed by atoms with Crippen LogP contribution in [0, 0.1) is 12.8 Å². The van der Waals surface area contributed by atoms with E-state index in [0.717, 1.165) is 44.1 Å². The third kappa shape index (κ3) is 3.30. The Morgan fingerprint density at radius 1 is 1.47 bits per heavy atom. The second-order valence-electron chi connectivity index (χ2n) is 5.56. The number of rotatable bonds is 3. The average molecular weight is 238 g/mol. The Kier molecular flexibility index (Phi) is 3.54. The van der Waals surface area contributed by atoms with E-state index in [0.29, 0.717) is 5.92 Å². The van der Waals surface area contributed by atoms with Crippen molar-refractivity contribution < 1.29 is 9.52 Å². The molecule has 0 atom stereocenters. The van der Waals surface area contributed by atoms with Crippen molar-refractivity contribution in [3.05, 3.63) is 17.8 Å². The van der Waals surface area contributed by atoms with Gasteiger partial charge in [0.1, 0.15) is 6.26 Å². The van der Waals surface area contributed by atoms with Crippen molar-refractivity contribution in [2.75, 3.05) is 13.1 Å². The number of oxazole rings is 1. The van der Waals surface area contributed by atoms with E-state index in [1.165, 1.54) is 0 Å². The van der Waals surface area contributed by atoms with Crippen LogP contribution < -0.4 is 0 Å². The van der Waals surface area contributed by atoms with Gasteiger partial charge in [0.15, 0.2) is 5.89 Å². The van der Waals surface area contributed by atoms with E-state index in [1.807, 2.05) is 20.8 Å². The van der Waals surface area contributed by atoms with E-state index in [2.05, 4.69) is 9.88 Å². The molecule has 0 spiro atoms. The Balaban J connectivity index is 1.83. The molecule has 0 amide bonds. The first-order valence-corrected chi connectivity index (χ1v) is 6.31. The maximum absolute atomic E-state index is 9.98. The van der Waals surface area contributed by atoms with Gasteiger partial charge in [-0.25, -0.2) is 4.98 Å². The van der Waals surface area contributed by atoms with Crippen molar-refractivity contribution in [1.29, 1.82) is 0 Å². The van der Waals surface area contributed by atoms with E-state index in [9.17, 15) is 5.11 Å². The number of nitrogens with zero attached hydrogens (tertiary/aromatic N) is 2. The lowest BCUT2D eigenvalue weighted by atomic mass is 9.83. The molecule has 1 saturated heterocycles. The predicted molar refractivity (Wildman–Crippen MR) is 65.5 cm³/mol. The smallest absolute Gasteiger partial charge is 0.191 e. The molecule has 4 nitrogen and oxygen atoms in total. The van der Waals surface area contributed by atoms with Crippen molar-refractivity contribution in [2.24, 2.45) is 5.92 Å². The van der Waals surface area contributed by atoms with Crippen LogP contribution in [-0.2, 0) is 6.54 Å². The van der Waals surface area contributed by atoms with Crippen LogP contribution in [0.1, 0.15) is 38.3 Å². The summed E-state index contributed by atoms with van der Waals surface area (Å²) in [6, 6.07) is 0. The zero-order valence-corrected chi connectivity index (χ0v) is 10.9. The van der Waals surface area contributed by atoms with Crippen LogP contribution in [0.25, 0.3) is 0 Å². The Labute approximate surface area is 103 Å². The maximum atomic E-state index is 9.98. The van der Waals surface area contributed by atoms with Gasteiger partial charge in [-0.15, -0.1) is 0 Å². The highest BCUT2D eigenvalue weighted by Gasteiger charge is 2.30. The lowest BCUT2D eigenvalue weighted by molar-refractivity contribution is -0.0137. The third-order valence-electron chi connectivity index (χ3n) is 3.64. The molecule has 1 aromatic rings. The van der Waals surface area contributed by atoms with Gasteiger partial charge in [-0.05, 0) is 45.7 Å². The van der Waals surface area contributed by atoms with E-state index < -0.39 is 5.60 Å². The first-order chi connectivity index (χ1) is 7.95. The molecule has 1 aliphatic rings. The summed E-state index contributed by atoms with van der Waals surface area (Å²) in [7, 11) is 0. The highest BCUT2D eigenvalue weighted by molar-refractivity contribution is 4.96. The molecule has 0 radical (unpaired) electrons. The summed E-state index contributed by atoms with van der Waals surface area (Å²) in [6.45, 7) is 8.60. The van der Waals surface area contributed by atoms with E-state index >= 15 is 0 Å². The molecular formula is C13H22N2O2. The van der Waals surface area contributed by atoms with Crippen LogP contribution in [0.2, 0.25) is 0 Å². The van der Waals surface area contributed by atoms with Crippen molar-refractivity contribution in [1.82, 2.24) is 9.88 Å². The fourth-order valence-corrected chi connectivity index (χ4v) is 2.51. The van der Waals surface area contributed by atoms with E-state index in [-0.39, 0.29) is 0 Å². The molecule has 96 valence electrons. The number of piperidine rings is 1. The molecule has 1 aliphatic heterocycles. The first kappa shape index (κ1) is 12.6. The van der Waals surface area contributed by atoms with E-state index in [4.69, 9.17) is 4.42 Å². The first-order valence-electron chi connectivity index (χ1n) is 6.31. The predicted octanol–water partition coefficient (Wildman–Crippen LogP) is 1.97. The zero-order valence-electron chi connectivity index (χ0n) is 10.9. The second kappa shape index (κ2) is 4.78.